The lowest BCUT2D eigenvalue weighted by atomic mass is 9.95. The van der Waals surface area contributed by atoms with Gasteiger partial charge in [-0.05, 0) is 35.2 Å². The van der Waals surface area contributed by atoms with Gasteiger partial charge >= 0.3 is 0 Å². The number of thiophene rings is 1. The average molecular weight is 418 g/mol. The molecule has 1 N–H and O–H groups in total. The minimum atomic E-state index is -0.164. The van der Waals surface area contributed by atoms with Crippen molar-refractivity contribution in [1.29, 1.82) is 0 Å². The number of fused-ring (bicyclic) bond motifs is 2. The molecule has 5 nitrogen and oxygen atoms in total. The fraction of sp³-hybridized carbons (Fsp3) is 0.292. The molecule has 1 aliphatic rings. The Labute approximate surface area is 178 Å². The molecule has 152 valence electrons. The van der Waals surface area contributed by atoms with Gasteiger partial charge in [0, 0.05) is 17.0 Å². The van der Waals surface area contributed by atoms with Crippen LogP contribution in [0.1, 0.15) is 32.1 Å². The number of nitrogens with zero attached hydrogens (tertiary/aromatic N) is 2. The second-order valence-corrected chi connectivity index (χ2v) is 8.83. The topological polar surface area (TPSA) is 64.0 Å². The molecule has 0 bridgehead atoms. The number of nitrogens with one attached hydrogen (secondary N) is 1. The van der Waals surface area contributed by atoms with Gasteiger partial charge in [-0.25, -0.2) is 4.98 Å². The number of carbonyl (C=O) groups is 1. The molecule has 4 aromatic rings. The van der Waals surface area contributed by atoms with Crippen LogP contribution < -0.4 is 10.9 Å². The van der Waals surface area contributed by atoms with Crippen LogP contribution in [0.15, 0.2) is 59.0 Å². The molecule has 30 heavy (non-hydrogen) atoms. The monoisotopic (exact) mass is 417 g/mol. The maximum atomic E-state index is 13.2. The van der Waals surface area contributed by atoms with Gasteiger partial charge in [0.1, 0.15) is 11.4 Å². The summed E-state index contributed by atoms with van der Waals surface area (Å²) in [6, 6.07) is 14.6. The normalized spacial score (nSPS) is 14.9. The molecule has 0 spiro atoms. The van der Waals surface area contributed by atoms with Crippen LogP contribution in [0.4, 0.5) is 0 Å². The van der Waals surface area contributed by atoms with E-state index in [1.165, 1.54) is 28.7 Å². The first kappa shape index (κ1) is 19.0. The van der Waals surface area contributed by atoms with Crippen LogP contribution in [0.25, 0.3) is 32.1 Å². The average Bonchev–Trinajstić information content (AvgIpc) is 3.21. The lowest BCUT2D eigenvalue weighted by Gasteiger charge is -2.22. The second-order valence-electron chi connectivity index (χ2n) is 7.97. The largest absolute Gasteiger partial charge is 0.352 e. The Hall–Kier alpha value is -2.99. The third-order valence-electron chi connectivity index (χ3n) is 5.91. The SMILES string of the molecule is O=C(Cn1cnc2scc(-c3ccc4ccccc4c3)c2c1=O)NC1CCCCC1. The van der Waals surface area contributed by atoms with E-state index in [2.05, 4.69) is 34.6 Å². The molecular weight excluding hydrogens is 394 g/mol. The molecule has 2 aromatic carbocycles. The summed E-state index contributed by atoms with van der Waals surface area (Å²) in [6.45, 7) is 0.00524. The van der Waals surface area contributed by atoms with Crippen molar-refractivity contribution >= 4 is 38.2 Å². The van der Waals surface area contributed by atoms with E-state index in [1.807, 2.05) is 23.6 Å². The number of hydrogen-bond donors (Lipinski definition) is 1. The lowest BCUT2D eigenvalue weighted by molar-refractivity contribution is -0.122. The fourth-order valence-electron chi connectivity index (χ4n) is 4.32. The van der Waals surface area contributed by atoms with Gasteiger partial charge in [0.2, 0.25) is 5.91 Å². The van der Waals surface area contributed by atoms with Gasteiger partial charge in [-0.15, -0.1) is 11.3 Å². The van der Waals surface area contributed by atoms with E-state index >= 15 is 0 Å². The van der Waals surface area contributed by atoms with Gasteiger partial charge in [0.15, 0.2) is 0 Å². The standard InChI is InChI=1S/C24H23N3O2S/c28-21(26-19-8-2-1-3-9-19)13-27-15-25-23-22(24(27)29)20(14-30-23)18-11-10-16-6-4-5-7-17(16)12-18/h4-7,10-12,14-15,19H,1-3,8-9,13H2,(H,26,28). The zero-order chi connectivity index (χ0) is 20.5. The van der Waals surface area contributed by atoms with Crippen molar-refractivity contribution in [1.82, 2.24) is 14.9 Å². The van der Waals surface area contributed by atoms with Crippen molar-refractivity contribution in [2.45, 2.75) is 44.7 Å². The summed E-state index contributed by atoms with van der Waals surface area (Å²) in [5.41, 5.74) is 1.70. The number of carbonyl (C=O) groups excluding carboxylic acids is 1. The van der Waals surface area contributed by atoms with Crippen LogP contribution in [-0.4, -0.2) is 21.5 Å². The van der Waals surface area contributed by atoms with Gasteiger partial charge < -0.3 is 5.32 Å². The van der Waals surface area contributed by atoms with Gasteiger partial charge in [-0.1, -0.05) is 55.7 Å². The number of hydrogen-bond acceptors (Lipinski definition) is 4. The highest BCUT2D eigenvalue weighted by Crippen LogP contribution is 2.32. The number of rotatable bonds is 4. The van der Waals surface area contributed by atoms with E-state index in [-0.39, 0.29) is 24.1 Å². The van der Waals surface area contributed by atoms with Gasteiger partial charge in [-0.3, -0.25) is 14.2 Å². The van der Waals surface area contributed by atoms with E-state index in [1.54, 1.807) is 0 Å². The molecule has 0 saturated heterocycles. The summed E-state index contributed by atoms with van der Waals surface area (Å²) in [5.74, 6) is -0.118. The van der Waals surface area contributed by atoms with E-state index in [0.717, 1.165) is 47.6 Å². The smallest absolute Gasteiger partial charge is 0.263 e. The summed E-state index contributed by atoms with van der Waals surface area (Å²) in [4.78, 5) is 30.9. The lowest BCUT2D eigenvalue weighted by Crippen LogP contribution is -2.39. The third kappa shape index (κ3) is 3.63. The van der Waals surface area contributed by atoms with E-state index in [9.17, 15) is 9.59 Å². The van der Waals surface area contributed by atoms with Crippen LogP contribution in [-0.2, 0) is 11.3 Å². The molecule has 2 aromatic heterocycles. The second kappa shape index (κ2) is 8.03. The van der Waals surface area contributed by atoms with Crippen LogP contribution in [0.2, 0.25) is 0 Å². The Balaban J connectivity index is 1.47. The van der Waals surface area contributed by atoms with Crippen LogP contribution >= 0.6 is 11.3 Å². The molecule has 0 unspecified atom stereocenters. The maximum Gasteiger partial charge on any atom is 0.263 e. The highest BCUT2D eigenvalue weighted by molar-refractivity contribution is 7.17. The fourth-order valence-corrected chi connectivity index (χ4v) is 5.23. The Morgan fingerprint density at radius 3 is 2.73 bits per heavy atom. The Morgan fingerprint density at radius 1 is 1.10 bits per heavy atom. The quantitative estimate of drug-likeness (QED) is 0.522. The molecule has 0 aliphatic heterocycles. The maximum absolute atomic E-state index is 13.2. The minimum Gasteiger partial charge on any atom is -0.352 e. The van der Waals surface area contributed by atoms with Crippen molar-refractivity contribution in [2.75, 3.05) is 0 Å². The van der Waals surface area contributed by atoms with E-state index in [0.29, 0.717) is 10.2 Å². The van der Waals surface area contributed by atoms with E-state index < -0.39 is 0 Å². The molecule has 1 amide bonds. The van der Waals surface area contributed by atoms with Gasteiger partial charge in [0.25, 0.3) is 5.56 Å². The summed E-state index contributed by atoms with van der Waals surface area (Å²) in [7, 11) is 0. The van der Waals surface area contributed by atoms with Crippen molar-refractivity contribution in [3.63, 3.8) is 0 Å². The van der Waals surface area contributed by atoms with Crippen LogP contribution in [0.3, 0.4) is 0 Å². The highest BCUT2D eigenvalue weighted by atomic mass is 32.1. The third-order valence-corrected chi connectivity index (χ3v) is 6.79. The molecule has 1 fully saturated rings. The number of aromatic nitrogens is 2. The van der Waals surface area contributed by atoms with Crippen molar-refractivity contribution in [2.24, 2.45) is 0 Å². The molecule has 1 aliphatic carbocycles. The Bertz CT molecular complexity index is 1280. The van der Waals surface area contributed by atoms with Gasteiger partial charge in [0.05, 0.1) is 11.7 Å². The molecule has 0 atom stereocenters. The molecule has 0 radical (unpaired) electrons. The molecule has 5 rings (SSSR count). The summed E-state index contributed by atoms with van der Waals surface area (Å²) >= 11 is 1.46. The number of benzene rings is 2. The molecule has 1 saturated carbocycles. The van der Waals surface area contributed by atoms with E-state index in [4.69, 9.17) is 0 Å². The molecular formula is C24H23N3O2S. The molecule has 6 heteroatoms. The first-order valence-electron chi connectivity index (χ1n) is 10.4. The van der Waals surface area contributed by atoms with Crippen molar-refractivity contribution in [3.05, 3.63) is 64.5 Å². The Kier molecular flexibility index (Phi) is 5.09. The summed E-state index contributed by atoms with van der Waals surface area (Å²) in [6.07, 6.45) is 7.09. The minimum absolute atomic E-state index is 0.00524. The van der Waals surface area contributed by atoms with Gasteiger partial charge in [-0.2, -0.15) is 0 Å². The first-order valence-corrected chi connectivity index (χ1v) is 11.3. The predicted octanol–water partition coefficient (Wildman–Crippen LogP) is 4.73. The van der Waals surface area contributed by atoms with Crippen LogP contribution in [0, 0.1) is 0 Å². The highest BCUT2D eigenvalue weighted by Gasteiger charge is 2.18. The Morgan fingerprint density at radius 2 is 1.90 bits per heavy atom. The van der Waals surface area contributed by atoms with Crippen molar-refractivity contribution < 1.29 is 4.79 Å². The number of amides is 1. The first-order chi connectivity index (χ1) is 14.7. The molecule has 2 heterocycles. The summed E-state index contributed by atoms with van der Waals surface area (Å²) in [5, 5.41) is 7.94. The van der Waals surface area contributed by atoms with Crippen LogP contribution in [0.5, 0.6) is 0 Å². The zero-order valence-electron chi connectivity index (χ0n) is 16.6. The van der Waals surface area contributed by atoms with Crippen molar-refractivity contribution in [3.8, 4) is 11.1 Å². The predicted molar refractivity (Wildman–Crippen MR) is 122 cm³/mol. The zero-order valence-corrected chi connectivity index (χ0v) is 17.5. The summed E-state index contributed by atoms with van der Waals surface area (Å²) < 4.78 is 1.43.